The molecule has 0 amide bonds. The van der Waals surface area contributed by atoms with Crippen molar-refractivity contribution >= 4 is 0 Å². The van der Waals surface area contributed by atoms with E-state index in [0.717, 1.165) is 0 Å². The van der Waals surface area contributed by atoms with Gasteiger partial charge in [-0.3, -0.25) is 5.84 Å². The molecule has 0 saturated carbocycles. The minimum Gasteiger partial charge on any atom is -0.469 e. The highest BCUT2D eigenvalue weighted by Gasteiger charge is 2.24. The van der Waals surface area contributed by atoms with E-state index >= 15 is 0 Å². The summed E-state index contributed by atoms with van der Waals surface area (Å²) in [4.78, 5) is 0. The molecule has 0 radical (unpaired) electrons. The molecule has 1 atom stereocenters. The van der Waals surface area contributed by atoms with Crippen LogP contribution in [-0.4, -0.2) is 0 Å². The van der Waals surface area contributed by atoms with Crippen molar-refractivity contribution < 1.29 is 13.2 Å². The van der Waals surface area contributed by atoms with Crippen LogP contribution in [0, 0.1) is 11.6 Å². The molecule has 5 heteroatoms. The molecule has 0 saturated heterocycles. The van der Waals surface area contributed by atoms with Crippen LogP contribution >= 0.6 is 0 Å². The van der Waals surface area contributed by atoms with Gasteiger partial charge in [-0.05, 0) is 18.2 Å². The lowest BCUT2D eigenvalue weighted by atomic mass is 9.98. The van der Waals surface area contributed by atoms with Gasteiger partial charge in [0, 0.05) is 17.5 Å². The highest BCUT2D eigenvalue weighted by Crippen LogP contribution is 2.29. The Balaban J connectivity index is 2.52. The fourth-order valence-electron chi connectivity index (χ4n) is 2.01. The molecule has 0 aliphatic carbocycles. The first-order valence-corrected chi connectivity index (χ1v) is 5.65. The molecule has 1 aromatic carbocycles. The van der Waals surface area contributed by atoms with E-state index in [9.17, 15) is 8.78 Å². The average molecular weight is 252 g/mol. The maximum Gasteiger partial charge on any atom is 0.131 e. The Hall–Kier alpha value is -1.72. The molecule has 0 aliphatic heterocycles. The zero-order chi connectivity index (χ0) is 13.1. The molecular formula is C13H14F2N2O. The molecule has 0 bridgehead atoms. The second-order valence-electron chi connectivity index (χ2n) is 3.89. The lowest BCUT2D eigenvalue weighted by Crippen LogP contribution is -2.30. The topological polar surface area (TPSA) is 51.2 Å². The molecule has 2 aromatic rings. The zero-order valence-corrected chi connectivity index (χ0v) is 9.91. The Labute approximate surface area is 104 Å². The van der Waals surface area contributed by atoms with Crippen LogP contribution < -0.4 is 11.3 Å². The van der Waals surface area contributed by atoms with Gasteiger partial charge in [-0.1, -0.05) is 13.0 Å². The minimum absolute atomic E-state index is 0.101. The van der Waals surface area contributed by atoms with Gasteiger partial charge in [0.05, 0.1) is 12.3 Å². The number of nitrogens with one attached hydrogen (secondary N) is 1. The summed E-state index contributed by atoms with van der Waals surface area (Å²) in [5, 5.41) is 0. The molecule has 2 rings (SSSR count). The number of nitrogens with two attached hydrogens (primary N) is 1. The van der Waals surface area contributed by atoms with E-state index in [4.69, 9.17) is 10.3 Å². The second kappa shape index (κ2) is 5.29. The summed E-state index contributed by atoms with van der Waals surface area (Å²) in [6.07, 6.45) is 2.11. The van der Waals surface area contributed by atoms with Gasteiger partial charge in [0.15, 0.2) is 0 Å². The highest BCUT2D eigenvalue weighted by atomic mass is 19.1. The average Bonchev–Trinajstić information content (AvgIpc) is 2.82. The van der Waals surface area contributed by atoms with Crippen molar-refractivity contribution in [2.75, 3.05) is 0 Å². The van der Waals surface area contributed by atoms with Crippen molar-refractivity contribution in [2.45, 2.75) is 19.4 Å². The van der Waals surface area contributed by atoms with E-state index < -0.39 is 17.7 Å². The van der Waals surface area contributed by atoms with Crippen molar-refractivity contribution in [2.24, 2.45) is 5.84 Å². The number of hydrogen-bond acceptors (Lipinski definition) is 3. The van der Waals surface area contributed by atoms with Gasteiger partial charge in [0.25, 0.3) is 0 Å². The molecule has 1 unspecified atom stereocenters. The zero-order valence-electron chi connectivity index (χ0n) is 9.91. The van der Waals surface area contributed by atoms with Gasteiger partial charge in [-0.15, -0.1) is 0 Å². The molecule has 18 heavy (non-hydrogen) atoms. The predicted molar refractivity (Wildman–Crippen MR) is 63.6 cm³/mol. The minimum atomic E-state index is -0.764. The first kappa shape index (κ1) is 12.7. The number of aryl methyl sites for hydroxylation is 1. The number of hydrogen-bond donors (Lipinski definition) is 2. The summed E-state index contributed by atoms with van der Waals surface area (Å²) in [5.74, 6) is 4.81. The quantitative estimate of drug-likeness (QED) is 0.649. The van der Waals surface area contributed by atoms with Crippen molar-refractivity contribution in [1.29, 1.82) is 0 Å². The summed E-state index contributed by atoms with van der Waals surface area (Å²) in [5.41, 5.74) is 2.98. The number of rotatable bonds is 4. The van der Waals surface area contributed by atoms with Crippen molar-refractivity contribution in [3.05, 3.63) is 59.1 Å². The molecule has 0 fully saturated rings. The van der Waals surface area contributed by atoms with Crippen molar-refractivity contribution in [3.8, 4) is 0 Å². The number of halogens is 2. The predicted octanol–water partition coefficient (Wildman–Crippen LogP) is 2.67. The lowest BCUT2D eigenvalue weighted by Gasteiger charge is -2.17. The monoisotopic (exact) mass is 252 g/mol. The summed E-state index contributed by atoms with van der Waals surface area (Å²) in [7, 11) is 0. The number of benzene rings is 1. The standard InChI is InChI=1S/C13H14F2N2O/c1-2-11-8(6-7-18-11)13(17-16)12-9(14)4-3-5-10(12)15/h3-7,13,17H,2,16H2,1H3. The third kappa shape index (κ3) is 2.14. The van der Waals surface area contributed by atoms with Gasteiger partial charge in [-0.25, -0.2) is 14.2 Å². The van der Waals surface area contributed by atoms with Crippen LogP contribution in [0.1, 0.15) is 29.9 Å². The summed E-state index contributed by atoms with van der Waals surface area (Å²) >= 11 is 0. The summed E-state index contributed by atoms with van der Waals surface area (Å²) in [6.45, 7) is 1.90. The summed E-state index contributed by atoms with van der Waals surface area (Å²) < 4.78 is 32.8. The maximum absolute atomic E-state index is 13.7. The van der Waals surface area contributed by atoms with Gasteiger partial charge in [0.2, 0.25) is 0 Å². The fraction of sp³-hybridized carbons (Fsp3) is 0.231. The Morgan fingerprint density at radius 2 is 1.94 bits per heavy atom. The van der Waals surface area contributed by atoms with Crippen LogP contribution in [0.15, 0.2) is 34.9 Å². The van der Waals surface area contributed by atoms with E-state index in [1.807, 2.05) is 6.92 Å². The van der Waals surface area contributed by atoms with Crippen LogP contribution in [0.2, 0.25) is 0 Å². The van der Waals surface area contributed by atoms with E-state index in [1.165, 1.54) is 24.5 Å². The lowest BCUT2D eigenvalue weighted by molar-refractivity contribution is 0.484. The maximum atomic E-state index is 13.7. The molecule has 1 aromatic heterocycles. The molecule has 0 spiro atoms. The van der Waals surface area contributed by atoms with Crippen LogP contribution in [-0.2, 0) is 6.42 Å². The van der Waals surface area contributed by atoms with Gasteiger partial charge in [-0.2, -0.15) is 0 Å². The largest absolute Gasteiger partial charge is 0.469 e. The number of furan rings is 1. The SMILES string of the molecule is CCc1occc1C(NN)c1c(F)cccc1F. The summed E-state index contributed by atoms with van der Waals surface area (Å²) in [6, 6.07) is 4.62. The Morgan fingerprint density at radius 1 is 1.28 bits per heavy atom. The van der Waals surface area contributed by atoms with Crippen LogP contribution in [0.25, 0.3) is 0 Å². The molecule has 0 aliphatic rings. The van der Waals surface area contributed by atoms with Gasteiger partial charge < -0.3 is 4.42 Å². The Bertz CT molecular complexity index is 519. The van der Waals surface area contributed by atoms with Crippen molar-refractivity contribution in [1.82, 2.24) is 5.43 Å². The molecule has 96 valence electrons. The first-order chi connectivity index (χ1) is 8.69. The van der Waals surface area contributed by atoms with Gasteiger partial charge >= 0.3 is 0 Å². The first-order valence-electron chi connectivity index (χ1n) is 5.65. The third-order valence-corrected chi connectivity index (χ3v) is 2.87. The van der Waals surface area contributed by atoms with E-state index in [0.29, 0.717) is 17.7 Å². The number of hydrazine groups is 1. The van der Waals surface area contributed by atoms with E-state index in [1.54, 1.807) is 6.07 Å². The third-order valence-electron chi connectivity index (χ3n) is 2.87. The Kier molecular flexibility index (Phi) is 3.74. The van der Waals surface area contributed by atoms with Crippen LogP contribution in [0.5, 0.6) is 0 Å². The highest BCUT2D eigenvalue weighted by molar-refractivity contribution is 5.35. The second-order valence-corrected chi connectivity index (χ2v) is 3.89. The fourth-order valence-corrected chi connectivity index (χ4v) is 2.01. The molecule has 3 N–H and O–H groups in total. The van der Waals surface area contributed by atoms with Crippen LogP contribution in [0.4, 0.5) is 8.78 Å². The smallest absolute Gasteiger partial charge is 0.131 e. The Morgan fingerprint density at radius 3 is 2.50 bits per heavy atom. The normalized spacial score (nSPS) is 12.7. The molecular weight excluding hydrogens is 238 g/mol. The van der Waals surface area contributed by atoms with Crippen molar-refractivity contribution in [3.63, 3.8) is 0 Å². The van der Waals surface area contributed by atoms with E-state index in [2.05, 4.69) is 5.43 Å². The molecule has 3 nitrogen and oxygen atoms in total. The molecule has 1 heterocycles. The van der Waals surface area contributed by atoms with Gasteiger partial charge in [0.1, 0.15) is 17.4 Å². The van der Waals surface area contributed by atoms with E-state index in [-0.39, 0.29) is 5.56 Å². The van der Waals surface area contributed by atoms with Crippen LogP contribution in [0.3, 0.4) is 0 Å².